The van der Waals surface area contributed by atoms with Gasteiger partial charge < -0.3 is 5.32 Å². The van der Waals surface area contributed by atoms with Crippen LogP contribution in [-0.2, 0) is 9.84 Å². The Morgan fingerprint density at radius 2 is 1.86 bits per heavy atom. The van der Waals surface area contributed by atoms with Crippen LogP contribution < -0.4 is 5.32 Å². The Morgan fingerprint density at radius 1 is 1.18 bits per heavy atom. The fraction of sp³-hybridized carbons (Fsp3) is 0.133. The first-order chi connectivity index (χ1) is 10.2. The molecule has 7 heteroatoms. The molecule has 0 heterocycles. The molecule has 0 aliphatic carbocycles. The molecule has 0 atom stereocenters. The van der Waals surface area contributed by atoms with Gasteiger partial charge in [0.1, 0.15) is 0 Å². The number of anilines is 1. The molecule has 2 aromatic rings. The van der Waals surface area contributed by atoms with Crippen molar-refractivity contribution in [2.75, 3.05) is 11.6 Å². The quantitative estimate of drug-likeness (QED) is 0.842. The molecule has 22 heavy (non-hydrogen) atoms. The number of rotatable bonds is 3. The van der Waals surface area contributed by atoms with Gasteiger partial charge in [-0.05, 0) is 42.8 Å². The summed E-state index contributed by atoms with van der Waals surface area (Å²) in [6.45, 7) is 1.87. The summed E-state index contributed by atoms with van der Waals surface area (Å²) in [6.07, 6.45) is 1.05. The number of hydrogen-bond acceptors (Lipinski definition) is 3. The van der Waals surface area contributed by atoms with E-state index in [1.165, 1.54) is 18.2 Å². The van der Waals surface area contributed by atoms with Crippen LogP contribution in [0.1, 0.15) is 15.9 Å². The van der Waals surface area contributed by atoms with Gasteiger partial charge in [-0.1, -0.05) is 33.6 Å². The van der Waals surface area contributed by atoms with Gasteiger partial charge in [-0.25, -0.2) is 8.42 Å². The zero-order chi connectivity index (χ0) is 16.5. The van der Waals surface area contributed by atoms with Crippen molar-refractivity contribution >= 4 is 49.0 Å². The summed E-state index contributed by atoms with van der Waals surface area (Å²) in [4.78, 5) is 12.2. The lowest BCUT2D eigenvalue weighted by molar-refractivity contribution is 0.102. The molecule has 1 N–H and O–H groups in total. The van der Waals surface area contributed by atoms with Gasteiger partial charge in [0.25, 0.3) is 5.91 Å². The molecular formula is C15H13BrClNO3S. The van der Waals surface area contributed by atoms with Gasteiger partial charge in [0, 0.05) is 22.0 Å². The molecule has 1 amide bonds. The predicted molar refractivity (Wildman–Crippen MR) is 91.4 cm³/mol. The molecule has 116 valence electrons. The van der Waals surface area contributed by atoms with Crippen molar-refractivity contribution in [3.8, 4) is 0 Å². The third-order valence-corrected chi connectivity index (χ3v) is 5.11. The van der Waals surface area contributed by atoms with Gasteiger partial charge in [0.05, 0.1) is 9.92 Å². The normalized spacial score (nSPS) is 11.3. The number of carbonyl (C=O) groups excluding carboxylic acids is 1. The zero-order valence-corrected chi connectivity index (χ0v) is 15.0. The molecule has 0 fully saturated rings. The summed E-state index contributed by atoms with van der Waals surface area (Å²) < 4.78 is 24.2. The van der Waals surface area contributed by atoms with Crippen molar-refractivity contribution in [2.24, 2.45) is 0 Å². The van der Waals surface area contributed by atoms with E-state index in [-0.39, 0.29) is 15.5 Å². The fourth-order valence-electron chi connectivity index (χ4n) is 1.85. The van der Waals surface area contributed by atoms with Crippen molar-refractivity contribution in [3.05, 3.63) is 57.0 Å². The Hall–Kier alpha value is -1.37. The lowest BCUT2D eigenvalue weighted by atomic mass is 10.1. The number of benzene rings is 2. The number of halogens is 2. The van der Waals surface area contributed by atoms with Gasteiger partial charge >= 0.3 is 0 Å². The predicted octanol–water partition coefficient (Wildman–Crippen LogP) is 4.07. The number of hydrogen-bond donors (Lipinski definition) is 1. The Morgan fingerprint density at radius 3 is 2.50 bits per heavy atom. The summed E-state index contributed by atoms with van der Waals surface area (Å²) in [5, 5.41) is 2.85. The highest BCUT2D eigenvalue weighted by atomic mass is 79.9. The van der Waals surface area contributed by atoms with Gasteiger partial charge in [0.2, 0.25) is 0 Å². The summed E-state index contributed by atoms with van der Waals surface area (Å²) in [7, 11) is -3.50. The Bertz CT molecular complexity index is 850. The minimum Gasteiger partial charge on any atom is -0.322 e. The largest absolute Gasteiger partial charge is 0.322 e. The molecule has 0 bridgehead atoms. The standard InChI is InChI=1S/C15H13BrClNO3S/c1-9-3-5-11(16)8-13(9)18-15(19)10-4-6-12(17)14(7-10)22(2,20)21/h3-8H,1-2H3,(H,18,19). The van der Waals surface area contributed by atoms with Crippen LogP contribution >= 0.6 is 27.5 Å². The molecule has 0 aliphatic heterocycles. The summed E-state index contributed by atoms with van der Waals surface area (Å²) in [6, 6.07) is 9.68. The van der Waals surface area contributed by atoms with E-state index in [1.54, 1.807) is 6.07 Å². The summed E-state index contributed by atoms with van der Waals surface area (Å²) in [5.74, 6) is -0.400. The van der Waals surface area contributed by atoms with Crippen LogP contribution in [-0.4, -0.2) is 20.6 Å². The first-order valence-corrected chi connectivity index (χ1v) is 9.32. The topological polar surface area (TPSA) is 63.2 Å². The van der Waals surface area contributed by atoms with E-state index in [0.29, 0.717) is 5.69 Å². The SMILES string of the molecule is Cc1ccc(Br)cc1NC(=O)c1ccc(Cl)c(S(C)(=O)=O)c1. The fourth-order valence-corrected chi connectivity index (χ4v) is 3.51. The van der Waals surface area contributed by atoms with E-state index >= 15 is 0 Å². The van der Waals surface area contributed by atoms with Gasteiger partial charge in [-0.15, -0.1) is 0 Å². The average molecular weight is 403 g/mol. The van der Waals surface area contributed by atoms with Crippen LogP contribution in [0.2, 0.25) is 5.02 Å². The van der Waals surface area contributed by atoms with Gasteiger partial charge in [-0.2, -0.15) is 0 Å². The third-order valence-electron chi connectivity index (χ3n) is 3.04. The number of carbonyl (C=O) groups is 1. The number of aryl methyl sites for hydroxylation is 1. The van der Waals surface area contributed by atoms with E-state index in [4.69, 9.17) is 11.6 Å². The monoisotopic (exact) mass is 401 g/mol. The first-order valence-electron chi connectivity index (χ1n) is 6.25. The van der Waals surface area contributed by atoms with Crippen LogP contribution in [0.15, 0.2) is 45.8 Å². The van der Waals surface area contributed by atoms with Crippen LogP contribution in [0.5, 0.6) is 0 Å². The Balaban J connectivity index is 2.36. The molecule has 0 aliphatic rings. The zero-order valence-electron chi connectivity index (χ0n) is 11.9. The highest BCUT2D eigenvalue weighted by Gasteiger charge is 2.16. The van der Waals surface area contributed by atoms with Crippen LogP contribution in [0.3, 0.4) is 0 Å². The molecule has 0 aromatic heterocycles. The van der Waals surface area contributed by atoms with Crippen molar-refractivity contribution in [1.82, 2.24) is 0 Å². The molecule has 2 rings (SSSR count). The minimum atomic E-state index is -3.50. The lowest BCUT2D eigenvalue weighted by Crippen LogP contribution is -2.13. The van der Waals surface area contributed by atoms with Crippen LogP contribution in [0.25, 0.3) is 0 Å². The Kier molecular flexibility index (Phi) is 4.94. The average Bonchev–Trinajstić information content (AvgIpc) is 2.42. The summed E-state index contributed by atoms with van der Waals surface area (Å²) in [5.41, 5.74) is 1.77. The van der Waals surface area contributed by atoms with Gasteiger partial charge in [0.15, 0.2) is 9.84 Å². The molecule has 2 aromatic carbocycles. The van der Waals surface area contributed by atoms with E-state index < -0.39 is 15.7 Å². The van der Waals surface area contributed by atoms with E-state index in [0.717, 1.165) is 16.3 Å². The maximum atomic E-state index is 12.3. The molecule has 4 nitrogen and oxygen atoms in total. The summed E-state index contributed by atoms with van der Waals surface area (Å²) >= 11 is 9.22. The molecule has 0 saturated carbocycles. The van der Waals surface area contributed by atoms with Crippen molar-refractivity contribution in [1.29, 1.82) is 0 Å². The number of sulfone groups is 1. The molecular weight excluding hydrogens is 390 g/mol. The van der Waals surface area contributed by atoms with Crippen LogP contribution in [0, 0.1) is 6.92 Å². The van der Waals surface area contributed by atoms with Crippen molar-refractivity contribution in [2.45, 2.75) is 11.8 Å². The molecule has 0 radical (unpaired) electrons. The smallest absolute Gasteiger partial charge is 0.255 e. The first kappa shape index (κ1) is 17.0. The number of amides is 1. The van der Waals surface area contributed by atoms with E-state index in [2.05, 4.69) is 21.2 Å². The Labute approximate surface area is 142 Å². The van der Waals surface area contributed by atoms with E-state index in [1.807, 2.05) is 19.1 Å². The second-order valence-corrected chi connectivity index (χ2v) is 8.14. The van der Waals surface area contributed by atoms with Crippen LogP contribution in [0.4, 0.5) is 5.69 Å². The number of nitrogens with one attached hydrogen (secondary N) is 1. The van der Waals surface area contributed by atoms with Gasteiger partial charge in [-0.3, -0.25) is 4.79 Å². The molecule has 0 saturated heterocycles. The molecule has 0 spiro atoms. The van der Waals surface area contributed by atoms with Crippen molar-refractivity contribution < 1.29 is 13.2 Å². The third kappa shape index (κ3) is 3.88. The maximum Gasteiger partial charge on any atom is 0.255 e. The highest BCUT2D eigenvalue weighted by Crippen LogP contribution is 2.24. The second kappa shape index (κ2) is 6.40. The highest BCUT2D eigenvalue weighted by molar-refractivity contribution is 9.10. The van der Waals surface area contributed by atoms with Crippen molar-refractivity contribution in [3.63, 3.8) is 0 Å². The minimum absolute atomic E-state index is 0.0622. The lowest BCUT2D eigenvalue weighted by Gasteiger charge is -2.10. The maximum absolute atomic E-state index is 12.3. The van der Waals surface area contributed by atoms with E-state index in [9.17, 15) is 13.2 Å². The second-order valence-electron chi connectivity index (χ2n) is 4.83. The molecule has 0 unspecified atom stereocenters.